The van der Waals surface area contributed by atoms with Crippen LogP contribution in [-0.4, -0.2) is 0 Å². The minimum atomic E-state index is -0.321. The Morgan fingerprint density at radius 2 is 0.571 bits per heavy atom. The molecule has 2 aliphatic rings. The highest BCUT2D eigenvalue weighted by atomic mass is 16.3. The third kappa shape index (κ3) is 9.55. The molecular weight excluding hydrogens is 1360 g/mol. The first-order valence-corrected chi connectivity index (χ1v) is 39.0. The molecule has 2 aromatic heterocycles. The highest BCUT2D eigenvalue weighted by Crippen LogP contribution is 2.57. The van der Waals surface area contributed by atoms with E-state index in [9.17, 15) is 0 Å². The average molecular weight is 1430 g/mol. The van der Waals surface area contributed by atoms with Crippen molar-refractivity contribution in [2.24, 2.45) is 0 Å². The van der Waals surface area contributed by atoms with Gasteiger partial charge in [0.1, 0.15) is 16.7 Å². The largest absolute Gasteiger partial charge is 0.455 e. The smallest absolute Gasteiger partial charge is 0.159 e. The lowest BCUT2D eigenvalue weighted by Gasteiger charge is -2.29. The van der Waals surface area contributed by atoms with Crippen molar-refractivity contribution >= 4 is 143 Å². The predicted octanol–water partition coefficient (Wildman–Crippen LogP) is 30.6. The first-order valence-electron chi connectivity index (χ1n) is 39.0. The van der Waals surface area contributed by atoms with Crippen molar-refractivity contribution in [2.45, 2.75) is 38.5 Å². The molecule has 19 aromatic carbocycles. The number of nitrogens with zero attached hydrogens (tertiary/aromatic N) is 2. The molecule has 0 aliphatic heterocycles. The normalized spacial score (nSPS) is 13.3. The van der Waals surface area contributed by atoms with E-state index in [1.807, 2.05) is 0 Å². The molecule has 0 spiro atoms. The summed E-state index contributed by atoms with van der Waals surface area (Å²) in [6.45, 7) is 9.62. The van der Waals surface area contributed by atoms with Gasteiger partial charge in [0.25, 0.3) is 0 Å². The summed E-state index contributed by atoms with van der Waals surface area (Å²) >= 11 is 0. The fourth-order valence-electron chi connectivity index (χ4n) is 19.5. The Hall–Kier alpha value is -14.1. The van der Waals surface area contributed by atoms with E-state index >= 15 is 0 Å². The van der Waals surface area contributed by atoms with Gasteiger partial charge in [-0.3, -0.25) is 0 Å². The zero-order valence-corrected chi connectivity index (χ0v) is 62.4. The first kappa shape index (κ1) is 64.0. The van der Waals surface area contributed by atoms with Gasteiger partial charge < -0.3 is 18.6 Å². The number of hydrogen-bond donors (Lipinski definition) is 0. The van der Waals surface area contributed by atoms with Gasteiger partial charge in [-0.05, 0) is 257 Å². The molecule has 0 saturated heterocycles. The predicted molar refractivity (Wildman–Crippen MR) is 472 cm³/mol. The lowest BCUT2D eigenvalue weighted by atomic mass is 9.81. The van der Waals surface area contributed by atoms with Crippen molar-refractivity contribution in [1.29, 1.82) is 0 Å². The number of anilines is 6. The number of furan rings is 2. The van der Waals surface area contributed by atoms with E-state index in [0.717, 1.165) is 111 Å². The van der Waals surface area contributed by atoms with Gasteiger partial charge in [0.2, 0.25) is 0 Å². The highest BCUT2D eigenvalue weighted by Gasteiger charge is 2.39. The van der Waals surface area contributed by atoms with E-state index in [-0.39, 0.29) is 10.8 Å². The molecule has 526 valence electrons. The van der Waals surface area contributed by atoms with Crippen LogP contribution in [0.2, 0.25) is 0 Å². The monoisotopic (exact) mass is 1430 g/mol. The molecule has 0 N–H and O–H groups in total. The van der Waals surface area contributed by atoms with E-state index in [4.69, 9.17) is 8.83 Å². The topological polar surface area (TPSA) is 32.8 Å². The average Bonchev–Trinajstić information content (AvgIpc) is 1.56. The Bertz CT molecular complexity index is 7570. The van der Waals surface area contributed by atoms with Crippen molar-refractivity contribution < 1.29 is 8.83 Å². The summed E-state index contributed by atoms with van der Waals surface area (Å²) in [7, 11) is 0. The van der Waals surface area contributed by atoms with E-state index < -0.39 is 0 Å². The van der Waals surface area contributed by atoms with Crippen molar-refractivity contribution in [3.05, 3.63) is 386 Å². The SMILES string of the molecule is CC1(C)c2cc(N(c3ccc(-c4ccccc4)cc3)c3ccc(-c4ccccc4)c(-c4ccc5c(c4)oc4c(-c6cccc(N(c7ccc8c(c7)C(C)(C)c7cc9c%10ccccc%10c%10ccccc%10c9cc7-8)c7cccc8c7oc7ccccc78)c6)cccc45)c3)ccc2-c2cc3c4ccccc4c4ccccc4c3cc21. The van der Waals surface area contributed by atoms with Crippen LogP contribution in [0, 0.1) is 0 Å². The third-order valence-electron chi connectivity index (χ3n) is 25.0. The molecule has 0 bridgehead atoms. The second-order valence-electron chi connectivity index (χ2n) is 31.8. The van der Waals surface area contributed by atoms with Gasteiger partial charge in [-0.15, -0.1) is 0 Å². The maximum absolute atomic E-state index is 7.37. The van der Waals surface area contributed by atoms with Crippen LogP contribution in [0.1, 0.15) is 49.9 Å². The molecule has 0 unspecified atom stereocenters. The fraction of sp³-hybridized carbons (Fsp3) is 0.0556. The summed E-state index contributed by atoms with van der Waals surface area (Å²) in [5.74, 6) is 0. The molecule has 0 radical (unpaired) electrons. The fourth-order valence-corrected chi connectivity index (χ4v) is 19.5. The van der Waals surface area contributed by atoms with Gasteiger partial charge in [-0.1, -0.05) is 282 Å². The lowest BCUT2D eigenvalue weighted by Crippen LogP contribution is -2.16. The molecule has 112 heavy (non-hydrogen) atoms. The van der Waals surface area contributed by atoms with Crippen LogP contribution in [0.25, 0.3) is 175 Å². The molecule has 0 fully saturated rings. The second kappa shape index (κ2) is 24.2. The standard InChI is InChI=1S/C108H72N2O2/c1-107(2)98-59-73(50-54-85(98)96-61-92-81-34-15-11-30-77(81)79-32-13-17-36-83(79)94(92)63-100(96)107)109(70-47-44-66(45-48-70)65-24-7-5-8-25-65)72-49-53-75(67-26-9-6-10-27-67)91(58-72)69-46-52-88-89-40-22-39-76(105(89)112-104(88)57-69)68-28-21-29-71(56-68)110(102-42-23-41-90-87-38-19-20-43-103(87)111-106(90)102)74-51-55-86-97-62-93-82-35-16-12-31-78(82)80-33-14-18-37-84(80)95(93)64-101(97)108(3,4)99(86)60-74/h5-64H,1-4H3. The van der Waals surface area contributed by atoms with E-state index in [1.165, 1.54) is 120 Å². The number of rotatable bonds is 10. The summed E-state index contributed by atoms with van der Waals surface area (Å²) in [5.41, 5.74) is 28.1. The Morgan fingerprint density at radius 3 is 1.15 bits per heavy atom. The number of hydrogen-bond acceptors (Lipinski definition) is 4. The minimum Gasteiger partial charge on any atom is -0.455 e. The number of para-hydroxylation sites is 3. The summed E-state index contributed by atoms with van der Waals surface area (Å²) in [6, 6.07) is 135. The molecule has 21 aromatic rings. The van der Waals surface area contributed by atoms with Crippen LogP contribution in [-0.2, 0) is 10.8 Å². The van der Waals surface area contributed by atoms with Gasteiger partial charge in [-0.25, -0.2) is 0 Å². The summed E-state index contributed by atoms with van der Waals surface area (Å²) in [6.07, 6.45) is 0. The summed E-state index contributed by atoms with van der Waals surface area (Å²) in [5, 5.41) is 19.7. The summed E-state index contributed by atoms with van der Waals surface area (Å²) in [4.78, 5) is 4.86. The van der Waals surface area contributed by atoms with Crippen LogP contribution in [0.3, 0.4) is 0 Å². The molecule has 4 heteroatoms. The quantitative estimate of drug-likeness (QED) is 0.128. The first-order chi connectivity index (χ1) is 55.0. The van der Waals surface area contributed by atoms with Gasteiger partial charge in [-0.2, -0.15) is 0 Å². The Morgan fingerprint density at radius 1 is 0.188 bits per heavy atom. The molecule has 0 amide bonds. The van der Waals surface area contributed by atoms with Crippen molar-refractivity contribution in [3.8, 4) is 66.8 Å². The van der Waals surface area contributed by atoms with Crippen LogP contribution in [0.5, 0.6) is 0 Å². The zero-order valence-electron chi connectivity index (χ0n) is 62.4. The molecule has 2 aliphatic carbocycles. The van der Waals surface area contributed by atoms with Gasteiger partial charge >= 0.3 is 0 Å². The van der Waals surface area contributed by atoms with Crippen LogP contribution < -0.4 is 9.80 Å². The van der Waals surface area contributed by atoms with E-state index in [0.29, 0.717) is 0 Å². The van der Waals surface area contributed by atoms with Crippen LogP contribution in [0.4, 0.5) is 34.1 Å². The van der Waals surface area contributed by atoms with Crippen molar-refractivity contribution in [1.82, 2.24) is 0 Å². The van der Waals surface area contributed by atoms with Gasteiger partial charge in [0.15, 0.2) is 5.58 Å². The summed E-state index contributed by atoms with van der Waals surface area (Å²) < 4.78 is 14.3. The van der Waals surface area contributed by atoms with Gasteiger partial charge in [0.05, 0.1) is 5.69 Å². The molecule has 0 atom stereocenters. The van der Waals surface area contributed by atoms with Crippen molar-refractivity contribution in [2.75, 3.05) is 9.80 Å². The molecular formula is C108H72N2O2. The van der Waals surface area contributed by atoms with Crippen LogP contribution >= 0.6 is 0 Å². The van der Waals surface area contributed by atoms with E-state index in [1.54, 1.807) is 0 Å². The maximum Gasteiger partial charge on any atom is 0.159 e. The van der Waals surface area contributed by atoms with Crippen molar-refractivity contribution in [3.63, 3.8) is 0 Å². The number of benzene rings is 19. The Kier molecular flexibility index (Phi) is 13.8. The Labute approximate surface area is 648 Å². The lowest BCUT2D eigenvalue weighted by molar-refractivity contribution is 0.661. The highest BCUT2D eigenvalue weighted by molar-refractivity contribution is 6.28. The van der Waals surface area contributed by atoms with Crippen LogP contribution in [0.15, 0.2) is 373 Å². The molecule has 23 rings (SSSR count). The second-order valence-corrected chi connectivity index (χ2v) is 31.8. The maximum atomic E-state index is 7.37. The molecule has 2 heterocycles. The van der Waals surface area contributed by atoms with E-state index in [2.05, 4.69) is 401 Å². The third-order valence-corrected chi connectivity index (χ3v) is 25.0. The molecule has 0 saturated carbocycles. The number of fused-ring (bicyclic) bond motifs is 24. The van der Waals surface area contributed by atoms with Gasteiger partial charge in [0, 0.05) is 66.4 Å². The molecule has 4 nitrogen and oxygen atoms in total. The minimum absolute atomic E-state index is 0.303. The Balaban J connectivity index is 0.655. The zero-order chi connectivity index (χ0) is 74.2.